The number of H-pyrrole nitrogens is 1. The normalized spacial score (nSPS) is 12.3. The summed E-state index contributed by atoms with van der Waals surface area (Å²) in [4.78, 5) is 7.37. The number of benzene rings is 1. The van der Waals surface area contributed by atoms with Crippen LogP contribution in [0.1, 0.15) is 23.7 Å². The summed E-state index contributed by atoms with van der Waals surface area (Å²) in [7, 11) is 0. The molecule has 0 aliphatic rings. The Morgan fingerprint density at radius 2 is 2.17 bits per heavy atom. The summed E-state index contributed by atoms with van der Waals surface area (Å²) in [6.07, 6.45) is 7.20. The first-order chi connectivity index (χ1) is 8.70. The second-order valence-corrected chi connectivity index (χ2v) is 4.95. The summed E-state index contributed by atoms with van der Waals surface area (Å²) in [5.74, 6) is 1.27. The number of aromatic amines is 1. The van der Waals surface area contributed by atoms with Gasteiger partial charge in [-0.15, -0.1) is 6.58 Å². The van der Waals surface area contributed by atoms with Crippen LogP contribution >= 0.6 is 23.2 Å². The van der Waals surface area contributed by atoms with E-state index in [0.717, 1.165) is 24.2 Å². The van der Waals surface area contributed by atoms with Crippen LogP contribution < -0.4 is 0 Å². The van der Waals surface area contributed by atoms with E-state index in [1.807, 2.05) is 30.5 Å². The van der Waals surface area contributed by atoms with Gasteiger partial charge in [0.15, 0.2) is 0 Å². The van der Waals surface area contributed by atoms with E-state index in [9.17, 15) is 0 Å². The molecule has 1 N–H and O–H groups in total. The molecule has 4 heteroatoms. The van der Waals surface area contributed by atoms with Crippen molar-refractivity contribution < 1.29 is 0 Å². The molecule has 0 saturated carbocycles. The van der Waals surface area contributed by atoms with Crippen molar-refractivity contribution >= 4 is 23.2 Å². The minimum atomic E-state index is 0.309. The Kier molecular flexibility index (Phi) is 4.45. The van der Waals surface area contributed by atoms with E-state index in [1.165, 1.54) is 0 Å². The first-order valence-corrected chi connectivity index (χ1v) is 6.50. The Hall–Kier alpha value is -1.25. The van der Waals surface area contributed by atoms with E-state index < -0.39 is 0 Å². The first-order valence-electron chi connectivity index (χ1n) is 5.75. The molecular weight excluding hydrogens is 267 g/mol. The average molecular weight is 281 g/mol. The van der Waals surface area contributed by atoms with Gasteiger partial charge in [-0.3, -0.25) is 0 Å². The van der Waals surface area contributed by atoms with Crippen LogP contribution in [0.25, 0.3) is 0 Å². The van der Waals surface area contributed by atoms with Crippen LogP contribution in [-0.2, 0) is 6.42 Å². The molecule has 0 spiro atoms. The van der Waals surface area contributed by atoms with Crippen LogP contribution in [0.2, 0.25) is 10.0 Å². The van der Waals surface area contributed by atoms with Gasteiger partial charge in [0.2, 0.25) is 0 Å². The molecule has 0 fully saturated rings. The largest absolute Gasteiger partial charge is 0.349 e. The number of halogens is 2. The van der Waals surface area contributed by atoms with E-state index in [2.05, 4.69) is 16.5 Å². The van der Waals surface area contributed by atoms with E-state index in [-0.39, 0.29) is 0 Å². The third-order valence-electron chi connectivity index (χ3n) is 2.86. The quantitative estimate of drug-likeness (QED) is 0.796. The van der Waals surface area contributed by atoms with E-state index in [4.69, 9.17) is 23.2 Å². The molecule has 2 aromatic rings. The van der Waals surface area contributed by atoms with Crippen LogP contribution in [0.3, 0.4) is 0 Å². The molecular formula is C14H14Cl2N2. The number of nitrogens with zero attached hydrogens (tertiary/aromatic N) is 1. The van der Waals surface area contributed by atoms with Crippen LogP contribution in [-0.4, -0.2) is 9.97 Å². The lowest BCUT2D eigenvalue weighted by Crippen LogP contribution is -2.03. The molecule has 2 nitrogen and oxygen atoms in total. The summed E-state index contributed by atoms with van der Waals surface area (Å²) in [5.41, 5.74) is 1.15. The molecule has 0 saturated heterocycles. The number of imidazole rings is 1. The summed E-state index contributed by atoms with van der Waals surface area (Å²) >= 11 is 12.0. The highest BCUT2D eigenvalue weighted by molar-refractivity contribution is 6.42. The van der Waals surface area contributed by atoms with Gasteiger partial charge in [-0.05, 0) is 30.0 Å². The predicted octanol–water partition coefficient (Wildman–Crippen LogP) is 4.62. The van der Waals surface area contributed by atoms with Gasteiger partial charge in [0, 0.05) is 18.8 Å². The van der Waals surface area contributed by atoms with Crippen molar-refractivity contribution in [3.8, 4) is 0 Å². The maximum Gasteiger partial charge on any atom is 0.106 e. The molecule has 1 atom stereocenters. The second-order valence-electron chi connectivity index (χ2n) is 4.13. The Morgan fingerprint density at radius 3 is 2.78 bits per heavy atom. The first kappa shape index (κ1) is 13.2. The minimum absolute atomic E-state index is 0.309. The van der Waals surface area contributed by atoms with E-state index in [1.54, 1.807) is 6.20 Å². The summed E-state index contributed by atoms with van der Waals surface area (Å²) in [6, 6.07) is 5.75. The number of allylic oxidation sites excluding steroid dienone is 1. The van der Waals surface area contributed by atoms with Gasteiger partial charge in [0.25, 0.3) is 0 Å². The van der Waals surface area contributed by atoms with Crippen molar-refractivity contribution in [2.24, 2.45) is 0 Å². The van der Waals surface area contributed by atoms with Crippen molar-refractivity contribution in [1.29, 1.82) is 0 Å². The topological polar surface area (TPSA) is 28.7 Å². The Labute approximate surface area is 117 Å². The molecule has 1 heterocycles. The fourth-order valence-corrected chi connectivity index (χ4v) is 2.25. The second kappa shape index (κ2) is 6.07. The predicted molar refractivity (Wildman–Crippen MR) is 76.3 cm³/mol. The van der Waals surface area contributed by atoms with Crippen molar-refractivity contribution in [2.45, 2.75) is 18.8 Å². The van der Waals surface area contributed by atoms with Gasteiger partial charge in [0.1, 0.15) is 5.82 Å². The number of nitrogens with one attached hydrogen (secondary N) is 1. The van der Waals surface area contributed by atoms with Crippen molar-refractivity contribution in [1.82, 2.24) is 9.97 Å². The lowest BCUT2D eigenvalue weighted by atomic mass is 9.92. The summed E-state index contributed by atoms with van der Waals surface area (Å²) in [6.45, 7) is 3.81. The zero-order valence-corrected chi connectivity index (χ0v) is 11.4. The molecule has 94 valence electrons. The van der Waals surface area contributed by atoms with E-state index in [0.29, 0.717) is 16.0 Å². The third kappa shape index (κ3) is 3.15. The highest BCUT2D eigenvalue weighted by Gasteiger charge is 2.13. The molecule has 0 radical (unpaired) electrons. The molecule has 1 aromatic heterocycles. The number of rotatable bonds is 5. The van der Waals surface area contributed by atoms with Crippen LogP contribution in [0, 0.1) is 0 Å². The number of hydrogen-bond acceptors (Lipinski definition) is 1. The van der Waals surface area contributed by atoms with Gasteiger partial charge in [-0.2, -0.15) is 0 Å². The summed E-state index contributed by atoms with van der Waals surface area (Å²) < 4.78 is 0. The average Bonchev–Trinajstić information content (AvgIpc) is 2.85. The zero-order valence-electron chi connectivity index (χ0n) is 9.87. The fourth-order valence-electron chi connectivity index (χ4n) is 1.95. The molecule has 0 amide bonds. The number of hydrogen-bond donors (Lipinski definition) is 1. The smallest absolute Gasteiger partial charge is 0.106 e. The molecule has 1 aromatic carbocycles. The van der Waals surface area contributed by atoms with Crippen LogP contribution in [0.4, 0.5) is 0 Å². The lowest BCUT2D eigenvalue weighted by Gasteiger charge is -2.15. The maximum atomic E-state index is 6.06. The van der Waals surface area contributed by atoms with Gasteiger partial charge < -0.3 is 4.98 Å². The van der Waals surface area contributed by atoms with Gasteiger partial charge in [0.05, 0.1) is 10.0 Å². The lowest BCUT2D eigenvalue weighted by molar-refractivity contribution is 0.672. The zero-order chi connectivity index (χ0) is 13.0. The van der Waals surface area contributed by atoms with E-state index >= 15 is 0 Å². The molecule has 2 rings (SSSR count). The molecule has 0 bridgehead atoms. The Balaban J connectivity index is 2.23. The van der Waals surface area contributed by atoms with Crippen molar-refractivity contribution in [3.05, 3.63) is 64.7 Å². The monoisotopic (exact) mass is 280 g/mol. The van der Waals surface area contributed by atoms with Crippen molar-refractivity contribution in [2.75, 3.05) is 0 Å². The molecule has 18 heavy (non-hydrogen) atoms. The highest BCUT2D eigenvalue weighted by Crippen LogP contribution is 2.29. The van der Waals surface area contributed by atoms with Crippen LogP contribution in [0.5, 0.6) is 0 Å². The fraction of sp³-hybridized carbons (Fsp3) is 0.214. The molecule has 0 aliphatic carbocycles. The Morgan fingerprint density at radius 1 is 1.33 bits per heavy atom. The van der Waals surface area contributed by atoms with Crippen molar-refractivity contribution in [3.63, 3.8) is 0 Å². The van der Waals surface area contributed by atoms with Crippen LogP contribution in [0.15, 0.2) is 43.2 Å². The SMILES string of the molecule is C=CC[C@@H](Cc1ncc[nH]1)c1ccc(Cl)c(Cl)c1. The minimum Gasteiger partial charge on any atom is -0.349 e. The standard InChI is InChI=1S/C14H14Cl2N2/c1-2-3-10(9-14-17-6-7-18-14)11-4-5-12(15)13(16)8-11/h2,4-8,10H,1,3,9H2,(H,17,18)/t10-/m0/s1. The number of aromatic nitrogens is 2. The van der Waals surface area contributed by atoms with Gasteiger partial charge >= 0.3 is 0 Å². The Bertz CT molecular complexity index is 521. The van der Waals surface area contributed by atoms with Gasteiger partial charge in [-0.1, -0.05) is 35.3 Å². The summed E-state index contributed by atoms with van der Waals surface area (Å²) in [5, 5.41) is 1.17. The highest BCUT2D eigenvalue weighted by atomic mass is 35.5. The van der Waals surface area contributed by atoms with Gasteiger partial charge in [-0.25, -0.2) is 4.98 Å². The third-order valence-corrected chi connectivity index (χ3v) is 3.60. The molecule has 0 aliphatic heterocycles. The maximum absolute atomic E-state index is 6.06. The molecule has 0 unspecified atom stereocenters.